The zero-order valence-electron chi connectivity index (χ0n) is 12.7. The molecule has 2 rings (SSSR count). The molecule has 0 aromatic carbocycles. The maximum atomic E-state index is 5.52. The highest BCUT2D eigenvalue weighted by Crippen LogP contribution is 2.21. The second-order valence-corrected chi connectivity index (χ2v) is 5.35. The van der Waals surface area contributed by atoms with E-state index in [4.69, 9.17) is 9.47 Å². The Hall–Kier alpha value is -1.25. The van der Waals surface area contributed by atoms with E-state index in [0.717, 1.165) is 15.9 Å². The summed E-state index contributed by atoms with van der Waals surface area (Å²) in [7, 11) is 1.91. The number of ether oxygens (including phenoxy) is 2. The summed E-state index contributed by atoms with van der Waals surface area (Å²) in [5, 5.41) is 12.6. The lowest BCUT2D eigenvalue weighted by Crippen LogP contribution is -2.09. The monoisotopic (exact) mass is 357 g/mol. The fourth-order valence-electron chi connectivity index (χ4n) is 2.03. The highest BCUT2D eigenvalue weighted by molar-refractivity contribution is 9.10. The predicted octanol–water partition coefficient (Wildman–Crippen LogP) is 2.20. The van der Waals surface area contributed by atoms with Crippen molar-refractivity contribution in [1.82, 2.24) is 24.8 Å². The lowest BCUT2D eigenvalue weighted by atomic mass is 10.3. The molecule has 0 fully saturated rings. The molecule has 0 spiro atoms. The number of rotatable bonds is 7. The molecule has 0 bridgehead atoms. The number of halogens is 1. The third-order valence-electron chi connectivity index (χ3n) is 3.01. The molecule has 0 aliphatic rings. The van der Waals surface area contributed by atoms with Gasteiger partial charge in [0.25, 0.3) is 0 Å². The highest BCUT2D eigenvalue weighted by Gasteiger charge is 2.17. The molecule has 0 saturated heterocycles. The molecular weight excluding hydrogens is 338 g/mol. The summed E-state index contributed by atoms with van der Waals surface area (Å²) in [5.74, 6) is 0. The lowest BCUT2D eigenvalue weighted by Gasteiger charge is -2.13. The fraction of sp³-hybridized carbons (Fsp3) is 0.615. The summed E-state index contributed by atoms with van der Waals surface area (Å²) in [6, 6.07) is 0. The first-order valence-corrected chi connectivity index (χ1v) is 7.67. The lowest BCUT2D eigenvalue weighted by molar-refractivity contribution is -0.142. The molecule has 0 N–H and O–H groups in total. The molecule has 116 valence electrons. The SMILES string of the molecule is CCOC(OCC)c1cn(Cc2c(Br)c(C)nn2C)nn1. The van der Waals surface area contributed by atoms with Crippen LogP contribution in [0.3, 0.4) is 0 Å². The van der Waals surface area contributed by atoms with Gasteiger partial charge in [0.05, 0.1) is 28.6 Å². The van der Waals surface area contributed by atoms with Crippen molar-refractivity contribution in [2.75, 3.05) is 13.2 Å². The van der Waals surface area contributed by atoms with Crippen molar-refractivity contribution < 1.29 is 9.47 Å². The Kier molecular flexibility index (Phi) is 5.49. The van der Waals surface area contributed by atoms with Crippen LogP contribution in [0, 0.1) is 6.92 Å². The molecule has 0 atom stereocenters. The van der Waals surface area contributed by atoms with Crippen molar-refractivity contribution in [1.29, 1.82) is 0 Å². The van der Waals surface area contributed by atoms with E-state index in [1.807, 2.05) is 38.7 Å². The Bertz CT molecular complexity index is 589. The van der Waals surface area contributed by atoms with E-state index in [0.29, 0.717) is 25.5 Å². The topological polar surface area (TPSA) is 67.0 Å². The molecule has 0 aliphatic carbocycles. The van der Waals surface area contributed by atoms with Crippen LogP contribution in [0.4, 0.5) is 0 Å². The van der Waals surface area contributed by atoms with Crippen LogP contribution in [-0.4, -0.2) is 38.0 Å². The Labute approximate surface area is 132 Å². The summed E-state index contributed by atoms with van der Waals surface area (Å²) < 4.78 is 15.6. The molecule has 2 aromatic heterocycles. The van der Waals surface area contributed by atoms with Gasteiger partial charge < -0.3 is 9.47 Å². The minimum Gasteiger partial charge on any atom is -0.347 e. The zero-order valence-corrected chi connectivity index (χ0v) is 14.3. The first-order valence-electron chi connectivity index (χ1n) is 6.88. The number of hydrogen-bond donors (Lipinski definition) is 0. The summed E-state index contributed by atoms with van der Waals surface area (Å²) >= 11 is 3.55. The van der Waals surface area contributed by atoms with Crippen molar-refractivity contribution in [2.24, 2.45) is 7.05 Å². The average molecular weight is 358 g/mol. The van der Waals surface area contributed by atoms with E-state index in [2.05, 4.69) is 31.3 Å². The minimum atomic E-state index is -0.467. The molecule has 8 heteroatoms. The number of aryl methyl sites for hydroxylation is 2. The van der Waals surface area contributed by atoms with E-state index in [-0.39, 0.29) is 0 Å². The van der Waals surface area contributed by atoms with Gasteiger partial charge in [0.1, 0.15) is 5.69 Å². The largest absolute Gasteiger partial charge is 0.347 e. The summed E-state index contributed by atoms with van der Waals surface area (Å²) in [6.07, 6.45) is 1.37. The quantitative estimate of drug-likeness (QED) is 0.710. The third-order valence-corrected chi connectivity index (χ3v) is 4.04. The van der Waals surface area contributed by atoms with Gasteiger partial charge in [0.15, 0.2) is 0 Å². The summed E-state index contributed by atoms with van der Waals surface area (Å²) in [4.78, 5) is 0. The Morgan fingerprint density at radius 3 is 2.48 bits per heavy atom. The van der Waals surface area contributed by atoms with Gasteiger partial charge in [0, 0.05) is 20.3 Å². The molecule has 2 heterocycles. The molecule has 7 nitrogen and oxygen atoms in total. The van der Waals surface area contributed by atoms with Crippen LogP contribution in [-0.2, 0) is 23.1 Å². The molecule has 0 saturated carbocycles. The van der Waals surface area contributed by atoms with Gasteiger partial charge in [-0.3, -0.25) is 4.68 Å². The van der Waals surface area contributed by atoms with Gasteiger partial charge in [0.2, 0.25) is 6.29 Å². The van der Waals surface area contributed by atoms with Crippen molar-refractivity contribution in [3.05, 3.63) is 27.8 Å². The Morgan fingerprint density at radius 1 is 1.29 bits per heavy atom. The van der Waals surface area contributed by atoms with Crippen LogP contribution in [0.15, 0.2) is 10.7 Å². The van der Waals surface area contributed by atoms with Crippen LogP contribution < -0.4 is 0 Å². The Balaban J connectivity index is 2.15. The molecule has 0 aliphatic heterocycles. The van der Waals surface area contributed by atoms with E-state index in [9.17, 15) is 0 Å². The minimum absolute atomic E-state index is 0.467. The van der Waals surface area contributed by atoms with E-state index in [1.165, 1.54) is 0 Å². The van der Waals surface area contributed by atoms with Crippen LogP contribution in [0.2, 0.25) is 0 Å². The van der Waals surface area contributed by atoms with Gasteiger partial charge in [-0.2, -0.15) is 5.10 Å². The molecule has 21 heavy (non-hydrogen) atoms. The zero-order chi connectivity index (χ0) is 15.4. The summed E-state index contributed by atoms with van der Waals surface area (Å²) in [6.45, 7) is 7.50. The smallest absolute Gasteiger partial charge is 0.204 e. The first-order chi connectivity index (χ1) is 10.1. The van der Waals surface area contributed by atoms with Gasteiger partial charge >= 0.3 is 0 Å². The number of hydrogen-bond acceptors (Lipinski definition) is 5. The van der Waals surface area contributed by atoms with Crippen LogP contribution in [0.5, 0.6) is 0 Å². The predicted molar refractivity (Wildman–Crippen MR) is 80.8 cm³/mol. The molecular formula is C13H20BrN5O2. The second kappa shape index (κ2) is 7.15. The highest BCUT2D eigenvalue weighted by atomic mass is 79.9. The van der Waals surface area contributed by atoms with Crippen molar-refractivity contribution in [2.45, 2.75) is 33.6 Å². The number of aromatic nitrogens is 5. The van der Waals surface area contributed by atoms with Gasteiger partial charge in [-0.1, -0.05) is 5.21 Å². The molecule has 0 amide bonds. The maximum Gasteiger partial charge on any atom is 0.204 e. The molecule has 0 unspecified atom stereocenters. The molecule has 2 aromatic rings. The number of nitrogens with zero attached hydrogens (tertiary/aromatic N) is 5. The maximum absolute atomic E-state index is 5.52. The van der Waals surface area contributed by atoms with E-state index < -0.39 is 6.29 Å². The van der Waals surface area contributed by atoms with Crippen LogP contribution >= 0.6 is 15.9 Å². The van der Waals surface area contributed by atoms with E-state index >= 15 is 0 Å². The van der Waals surface area contributed by atoms with Gasteiger partial charge in [-0.15, -0.1) is 5.10 Å². The van der Waals surface area contributed by atoms with Gasteiger partial charge in [-0.05, 0) is 36.7 Å². The summed E-state index contributed by atoms with van der Waals surface area (Å²) in [5.41, 5.74) is 2.66. The fourth-order valence-corrected chi connectivity index (χ4v) is 2.49. The molecule has 0 radical (unpaired) electrons. The first kappa shape index (κ1) is 16.1. The second-order valence-electron chi connectivity index (χ2n) is 4.55. The average Bonchev–Trinajstić information content (AvgIpc) is 3.00. The Morgan fingerprint density at radius 2 is 1.95 bits per heavy atom. The van der Waals surface area contributed by atoms with Crippen LogP contribution in [0.25, 0.3) is 0 Å². The van der Waals surface area contributed by atoms with Crippen molar-refractivity contribution in [3.8, 4) is 0 Å². The van der Waals surface area contributed by atoms with Crippen molar-refractivity contribution in [3.63, 3.8) is 0 Å². The van der Waals surface area contributed by atoms with Crippen LogP contribution in [0.1, 0.15) is 37.2 Å². The van der Waals surface area contributed by atoms with Crippen molar-refractivity contribution >= 4 is 15.9 Å². The standard InChI is InChI=1S/C13H20BrN5O2/c1-5-20-13(21-6-2)10-7-19(17-15-10)8-11-12(14)9(3)16-18(11)4/h7,13H,5-6,8H2,1-4H3. The third kappa shape index (κ3) is 3.69. The van der Waals surface area contributed by atoms with Gasteiger partial charge in [-0.25, -0.2) is 4.68 Å². The van der Waals surface area contributed by atoms with E-state index in [1.54, 1.807) is 4.68 Å². The normalized spacial score (nSPS) is 11.5.